The highest BCUT2D eigenvalue weighted by atomic mass is 32.2. The molecule has 3 rings (SSSR count). The van der Waals surface area contributed by atoms with Crippen LogP contribution in [0.4, 0.5) is 10.1 Å². The fraction of sp³-hybridized carbons (Fsp3) is 0.250. The second kappa shape index (κ2) is 9.14. The van der Waals surface area contributed by atoms with E-state index in [1.54, 1.807) is 6.07 Å². The number of sulfonamides is 1. The molecule has 0 bridgehead atoms. The number of amides is 1. The zero-order chi connectivity index (χ0) is 21.7. The molecule has 8 nitrogen and oxygen atoms in total. The lowest BCUT2D eigenvalue weighted by atomic mass is 10.1. The molecule has 1 atom stereocenters. The van der Waals surface area contributed by atoms with E-state index < -0.39 is 26.8 Å². The highest BCUT2D eigenvalue weighted by molar-refractivity contribution is 7.89. The third-order valence-corrected chi connectivity index (χ3v) is 6.22. The first-order chi connectivity index (χ1) is 14.3. The van der Waals surface area contributed by atoms with Gasteiger partial charge in [-0.25, -0.2) is 17.5 Å². The molecular formula is C20H20FN3O5S. The molecule has 1 unspecified atom stereocenters. The number of carbonyl (C=O) groups excluding carboxylic acids is 1. The van der Waals surface area contributed by atoms with Gasteiger partial charge in [0, 0.05) is 31.3 Å². The van der Waals surface area contributed by atoms with Gasteiger partial charge < -0.3 is 4.90 Å². The Morgan fingerprint density at radius 1 is 1.23 bits per heavy atom. The Labute approximate surface area is 173 Å². The van der Waals surface area contributed by atoms with Gasteiger partial charge in [-0.1, -0.05) is 18.2 Å². The summed E-state index contributed by atoms with van der Waals surface area (Å²) in [6.45, 7) is 0.590. The van der Waals surface area contributed by atoms with Gasteiger partial charge in [-0.2, -0.15) is 0 Å². The van der Waals surface area contributed by atoms with Gasteiger partial charge in [0.25, 0.3) is 5.69 Å². The number of nitro benzene ring substituents is 1. The van der Waals surface area contributed by atoms with Crippen LogP contribution in [0.2, 0.25) is 0 Å². The molecule has 1 saturated heterocycles. The molecular weight excluding hydrogens is 413 g/mol. The summed E-state index contributed by atoms with van der Waals surface area (Å²) in [5, 5.41) is 11.1. The Morgan fingerprint density at radius 2 is 2.00 bits per heavy atom. The van der Waals surface area contributed by atoms with E-state index in [-0.39, 0.29) is 23.0 Å². The first-order valence-corrected chi connectivity index (χ1v) is 10.7. The van der Waals surface area contributed by atoms with Crippen molar-refractivity contribution in [3.8, 4) is 0 Å². The zero-order valence-electron chi connectivity index (χ0n) is 15.9. The summed E-state index contributed by atoms with van der Waals surface area (Å²) < 4.78 is 40.8. The maximum absolute atomic E-state index is 13.4. The van der Waals surface area contributed by atoms with E-state index in [4.69, 9.17) is 0 Å². The van der Waals surface area contributed by atoms with Crippen LogP contribution in [0.15, 0.2) is 59.5 Å². The van der Waals surface area contributed by atoms with Crippen LogP contribution in [0.25, 0.3) is 6.08 Å². The van der Waals surface area contributed by atoms with Crippen molar-refractivity contribution in [1.82, 2.24) is 9.62 Å². The quantitative estimate of drug-likeness (QED) is 0.428. The van der Waals surface area contributed by atoms with Crippen molar-refractivity contribution in [2.75, 3.05) is 13.1 Å². The van der Waals surface area contributed by atoms with E-state index >= 15 is 0 Å². The summed E-state index contributed by atoms with van der Waals surface area (Å²) >= 11 is 0. The van der Waals surface area contributed by atoms with Crippen molar-refractivity contribution < 1.29 is 22.5 Å². The standard InChI is InChI=1S/C20H20FN3O5S/c21-16-6-3-8-18(13-16)30(28,29)22-17-7-4-12-23(14-17)20(25)11-10-15-5-1-2-9-19(15)24(26)27/h1-3,5-6,8-11,13,17,22H,4,7,12,14H2. The van der Waals surface area contributed by atoms with Crippen LogP contribution in [0.3, 0.4) is 0 Å². The molecule has 0 aromatic heterocycles. The topological polar surface area (TPSA) is 110 Å². The van der Waals surface area contributed by atoms with Crippen molar-refractivity contribution in [1.29, 1.82) is 0 Å². The van der Waals surface area contributed by atoms with Gasteiger partial charge in [-0.3, -0.25) is 14.9 Å². The maximum Gasteiger partial charge on any atom is 0.276 e. The summed E-state index contributed by atoms with van der Waals surface area (Å²) in [5.74, 6) is -1.03. The molecule has 0 spiro atoms. The number of para-hydroxylation sites is 1. The Balaban J connectivity index is 1.67. The van der Waals surface area contributed by atoms with Crippen LogP contribution in [0.1, 0.15) is 18.4 Å². The zero-order valence-corrected chi connectivity index (χ0v) is 16.7. The monoisotopic (exact) mass is 433 g/mol. The Morgan fingerprint density at radius 3 is 2.73 bits per heavy atom. The maximum atomic E-state index is 13.4. The molecule has 2 aromatic rings. The van der Waals surface area contributed by atoms with Gasteiger partial charge in [-0.05, 0) is 43.2 Å². The first kappa shape index (κ1) is 21.6. The summed E-state index contributed by atoms with van der Waals surface area (Å²) in [6, 6.07) is 10.2. The first-order valence-electron chi connectivity index (χ1n) is 9.24. The van der Waals surface area contributed by atoms with E-state index in [0.29, 0.717) is 24.9 Å². The van der Waals surface area contributed by atoms with Crippen LogP contribution in [0.5, 0.6) is 0 Å². The predicted octanol–water partition coefficient (Wildman–Crippen LogP) is 2.72. The molecule has 1 aliphatic heterocycles. The minimum Gasteiger partial charge on any atom is -0.338 e. The van der Waals surface area contributed by atoms with Gasteiger partial charge in [0.1, 0.15) is 5.82 Å². The van der Waals surface area contributed by atoms with Gasteiger partial charge >= 0.3 is 0 Å². The molecule has 0 radical (unpaired) electrons. The number of benzene rings is 2. The van der Waals surface area contributed by atoms with E-state index in [2.05, 4.69) is 4.72 Å². The molecule has 10 heteroatoms. The summed E-state index contributed by atoms with van der Waals surface area (Å²) in [6.07, 6.45) is 3.74. The second-order valence-electron chi connectivity index (χ2n) is 6.85. The molecule has 0 aliphatic carbocycles. The molecule has 2 aromatic carbocycles. The summed E-state index contributed by atoms with van der Waals surface area (Å²) in [4.78, 5) is 24.4. The van der Waals surface area contributed by atoms with Crippen LogP contribution in [-0.4, -0.2) is 43.3 Å². The summed E-state index contributed by atoms with van der Waals surface area (Å²) in [7, 11) is -3.92. The normalized spacial score (nSPS) is 17.2. The van der Waals surface area contributed by atoms with Crippen molar-refractivity contribution in [2.24, 2.45) is 0 Å². The number of hydrogen-bond donors (Lipinski definition) is 1. The lowest BCUT2D eigenvalue weighted by molar-refractivity contribution is -0.385. The lowest BCUT2D eigenvalue weighted by Gasteiger charge is -2.32. The van der Waals surface area contributed by atoms with E-state index in [1.807, 2.05) is 0 Å². The van der Waals surface area contributed by atoms with E-state index in [0.717, 1.165) is 12.1 Å². The molecule has 1 aliphatic rings. The minimum atomic E-state index is -3.92. The molecule has 1 N–H and O–H groups in total. The molecule has 1 amide bonds. The van der Waals surface area contributed by atoms with Crippen LogP contribution in [-0.2, 0) is 14.8 Å². The molecule has 158 valence electrons. The number of nitrogens with one attached hydrogen (secondary N) is 1. The van der Waals surface area contributed by atoms with Crippen LogP contribution in [0, 0.1) is 15.9 Å². The van der Waals surface area contributed by atoms with Crippen molar-refractivity contribution in [3.05, 3.63) is 76.1 Å². The Bertz CT molecular complexity index is 1090. The van der Waals surface area contributed by atoms with Gasteiger partial charge in [0.05, 0.1) is 15.4 Å². The van der Waals surface area contributed by atoms with Gasteiger partial charge in [0.15, 0.2) is 0 Å². The lowest BCUT2D eigenvalue weighted by Crippen LogP contribution is -2.49. The number of carbonyl (C=O) groups is 1. The fourth-order valence-corrected chi connectivity index (χ4v) is 4.55. The van der Waals surface area contributed by atoms with Crippen LogP contribution >= 0.6 is 0 Å². The van der Waals surface area contributed by atoms with Crippen molar-refractivity contribution >= 4 is 27.7 Å². The van der Waals surface area contributed by atoms with Crippen molar-refractivity contribution in [3.63, 3.8) is 0 Å². The Kier molecular flexibility index (Phi) is 6.58. The largest absolute Gasteiger partial charge is 0.338 e. The molecule has 1 fully saturated rings. The van der Waals surface area contributed by atoms with E-state index in [1.165, 1.54) is 47.4 Å². The third-order valence-electron chi connectivity index (χ3n) is 4.70. The molecule has 30 heavy (non-hydrogen) atoms. The fourth-order valence-electron chi connectivity index (χ4n) is 3.26. The van der Waals surface area contributed by atoms with Gasteiger partial charge in [0.2, 0.25) is 15.9 Å². The summed E-state index contributed by atoms with van der Waals surface area (Å²) in [5.41, 5.74) is 0.192. The number of hydrogen-bond acceptors (Lipinski definition) is 5. The average molecular weight is 433 g/mol. The SMILES string of the molecule is O=C(C=Cc1ccccc1[N+](=O)[O-])N1CCCC(NS(=O)(=O)c2cccc(F)c2)C1. The number of likely N-dealkylation sites (tertiary alicyclic amines) is 1. The molecule has 0 saturated carbocycles. The van der Waals surface area contributed by atoms with E-state index in [9.17, 15) is 27.7 Å². The second-order valence-corrected chi connectivity index (χ2v) is 8.57. The Hall–Kier alpha value is -3.11. The predicted molar refractivity (Wildman–Crippen MR) is 108 cm³/mol. The number of nitro groups is 1. The average Bonchev–Trinajstić information content (AvgIpc) is 2.72. The minimum absolute atomic E-state index is 0.110. The number of piperidine rings is 1. The third kappa shape index (κ3) is 5.28. The van der Waals surface area contributed by atoms with Gasteiger partial charge in [-0.15, -0.1) is 0 Å². The van der Waals surface area contributed by atoms with Crippen molar-refractivity contribution in [2.45, 2.75) is 23.8 Å². The van der Waals surface area contributed by atoms with Crippen LogP contribution < -0.4 is 4.72 Å². The number of halogens is 1. The highest BCUT2D eigenvalue weighted by Crippen LogP contribution is 2.20. The number of rotatable bonds is 6. The smallest absolute Gasteiger partial charge is 0.276 e. The highest BCUT2D eigenvalue weighted by Gasteiger charge is 2.27. The molecule has 1 heterocycles. The number of nitrogens with zero attached hydrogens (tertiary/aromatic N) is 2.